The van der Waals surface area contributed by atoms with Crippen molar-refractivity contribution in [1.29, 1.82) is 0 Å². The summed E-state index contributed by atoms with van der Waals surface area (Å²) in [6.45, 7) is 3.88. The molecule has 5 nitrogen and oxygen atoms in total. The Morgan fingerprint density at radius 2 is 1.92 bits per heavy atom. The van der Waals surface area contributed by atoms with Gasteiger partial charge in [-0.25, -0.2) is 9.78 Å². The van der Waals surface area contributed by atoms with E-state index in [1.54, 1.807) is 30.4 Å². The van der Waals surface area contributed by atoms with E-state index in [0.29, 0.717) is 5.69 Å². The van der Waals surface area contributed by atoms with E-state index < -0.39 is 11.9 Å². The van der Waals surface area contributed by atoms with E-state index >= 15 is 0 Å². The van der Waals surface area contributed by atoms with Gasteiger partial charge in [-0.15, -0.1) is 11.3 Å². The maximum atomic E-state index is 11.6. The van der Waals surface area contributed by atoms with E-state index in [9.17, 15) is 9.59 Å². The van der Waals surface area contributed by atoms with Crippen LogP contribution in [0, 0.1) is 6.92 Å². The summed E-state index contributed by atoms with van der Waals surface area (Å²) in [6, 6.07) is 13.4. The van der Waals surface area contributed by atoms with Gasteiger partial charge >= 0.3 is 11.9 Å². The Bertz CT molecular complexity index is 900. The maximum absolute atomic E-state index is 11.6. The highest BCUT2D eigenvalue weighted by atomic mass is 32.1. The molecule has 3 rings (SSSR count). The number of carbonyl (C=O) groups is 2. The molecule has 0 aliphatic heterocycles. The smallest absolute Gasteiger partial charge is 0.397 e. The molecule has 0 fully saturated rings. The summed E-state index contributed by atoms with van der Waals surface area (Å²) in [5, 5.41) is 3.42. The number of hydrogen-bond acceptors (Lipinski definition) is 5. The third-order valence-electron chi connectivity index (χ3n) is 3.39. The highest BCUT2D eigenvalue weighted by Crippen LogP contribution is 2.31. The SMILES string of the molecule is CCOC(=O)C(=O)Nc1ccc(-c2nc3ccc(C)cc3s2)cc1. The van der Waals surface area contributed by atoms with Crippen molar-refractivity contribution < 1.29 is 14.3 Å². The number of anilines is 1. The lowest BCUT2D eigenvalue weighted by Crippen LogP contribution is -2.24. The van der Waals surface area contributed by atoms with E-state index in [0.717, 1.165) is 20.8 Å². The van der Waals surface area contributed by atoms with E-state index in [4.69, 9.17) is 0 Å². The highest BCUT2D eigenvalue weighted by molar-refractivity contribution is 7.21. The Labute approximate surface area is 143 Å². The first-order chi connectivity index (χ1) is 11.6. The monoisotopic (exact) mass is 340 g/mol. The van der Waals surface area contributed by atoms with Gasteiger partial charge in [0.1, 0.15) is 5.01 Å². The van der Waals surface area contributed by atoms with Crippen LogP contribution in [0.3, 0.4) is 0 Å². The fourth-order valence-electron chi connectivity index (χ4n) is 2.23. The van der Waals surface area contributed by atoms with E-state index in [2.05, 4.69) is 28.0 Å². The van der Waals surface area contributed by atoms with Crippen molar-refractivity contribution in [2.24, 2.45) is 0 Å². The average Bonchev–Trinajstić information content (AvgIpc) is 2.98. The maximum Gasteiger partial charge on any atom is 0.397 e. The molecule has 0 spiro atoms. The molecule has 0 saturated carbocycles. The number of nitrogens with zero attached hydrogens (tertiary/aromatic N) is 1. The number of thiazole rings is 1. The summed E-state index contributed by atoms with van der Waals surface area (Å²) in [4.78, 5) is 27.6. The second kappa shape index (κ2) is 6.80. The quantitative estimate of drug-likeness (QED) is 0.582. The number of benzene rings is 2. The van der Waals surface area contributed by atoms with Crippen molar-refractivity contribution in [2.75, 3.05) is 11.9 Å². The van der Waals surface area contributed by atoms with Gasteiger partial charge in [-0.3, -0.25) is 4.79 Å². The lowest BCUT2D eigenvalue weighted by Gasteiger charge is -2.05. The van der Waals surface area contributed by atoms with E-state index in [1.165, 1.54) is 5.56 Å². The van der Waals surface area contributed by atoms with Gasteiger partial charge in [0.25, 0.3) is 0 Å². The lowest BCUT2D eigenvalue weighted by molar-refractivity contribution is -0.152. The minimum Gasteiger partial charge on any atom is -0.459 e. The van der Waals surface area contributed by atoms with Gasteiger partial charge in [-0.1, -0.05) is 6.07 Å². The standard InChI is InChI=1S/C18H16N2O3S/c1-3-23-18(22)16(21)19-13-7-5-12(6-8-13)17-20-14-9-4-11(2)10-15(14)24-17/h4-10H,3H2,1-2H3,(H,19,21). The van der Waals surface area contributed by atoms with Crippen molar-refractivity contribution in [2.45, 2.75) is 13.8 Å². The van der Waals surface area contributed by atoms with Gasteiger partial charge < -0.3 is 10.1 Å². The Balaban J connectivity index is 1.78. The van der Waals surface area contributed by atoms with Crippen LogP contribution in [0.15, 0.2) is 42.5 Å². The van der Waals surface area contributed by atoms with Crippen molar-refractivity contribution >= 4 is 39.1 Å². The van der Waals surface area contributed by atoms with Crippen LogP contribution in [-0.4, -0.2) is 23.5 Å². The average molecular weight is 340 g/mol. The zero-order valence-corrected chi connectivity index (χ0v) is 14.1. The van der Waals surface area contributed by atoms with Crippen molar-refractivity contribution in [3.05, 3.63) is 48.0 Å². The summed E-state index contributed by atoms with van der Waals surface area (Å²) < 4.78 is 5.80. The van der Waals surface area contributed by atoms with Crippen LogP contribution < -0.4 is 5.32 Å². The summed E-state index contributed by atoms with van der Waals surface area (Å²) in [6.07, 6.45) is 0. The van der Waals surface area contributed by atoms with Gasteiger partial charge in [0, 0.05) is 11.3 Å². The fourth-order valence-corrected chi connectivity index (χ4v) is 3.30. The molecule has 6 heteroatoms. The minimum atomic E-state index is -0.886. The van der Waals surface area contributed by atoms with Gasteiger partial charge in [0.05, 0.1) is 16.8 Å². The van der Waals surface area contributed by atoms with Crippen molar-refractivity contribution in [3.63, 3.8) is 0 Å². The number of esters is 1. The van der Waals surface area contributed by atoms with Crippen LogP contribution in [0.5, 0.6) is 0 Å². The molecular weight excluding hydrogens is 324 g/mol. The second-order valence-electron chi connectivity index (χ2n) is 5.24. The number of ether oxygens (including phenoxy) is 1. The van der Waals surface area contributed by atoms with Gasteiger partial charge in [-0.2, -0.15) is 0 Å². The molecular formula is C18H16N2O3S. The molecule has 122 valence electrons. The molecule has 1 N–H and O–H groups in total. The van der Waals surface area contributed by atoms with E-state index in [1.807, 2.05) is 24.3 Å². The van der Waals surface area contributed by atoms with Gasteiger partial charge in [-0.05, 0) is 55.8 Å². The molecule has 0 unspecified atom stereocenters. The van der Waals surface area contributed by atoms with Crippen LogP contribution in [-0.2, 0) is 14.3 Å². The van der Waals surface area contributed by atoms with E-state index in [-0.39, 0.29) is 6.61 Å². The lowest BCUT2D eigenvalue weighted by atomic mass is 10.2. The van der Waals surface area contributed by atoms with Crippen LogP contribution in [0.4, 0.5) is 5.69 Å². The Morgan fingerprint density at radius 3 is 2.62 bits per heavy atom. The first kappa shape index (κ1) is 16.1. The van der Waals surface area contributed by atoms with Crippen LogP contribution >= 0.6 is 11.3 Å². The number of nitrogens with one attached hydrogen (secondary N) is 1. The number of hydrogen-bond donors (Lipinski definition) is 1. The predicted octanol–water partition coefficient (Wildman–Crippen LogP) is 3.77. The number of aryl methyl sites for hydroxylation is 1. The summed E-state index contributed by atoms with van der Waals surface area (Å²) in [5.41, 5.74) is 3.67. The minimum absolute atomic E-state index is 0.169. The largest absolute Gasteiger partial charge is 0.459 e. The molecule has 1 heterocycles. The number of rotatable bonds is 3. The van der Waals surface area contributed by atoms with Crippen molar-refractivity contribution in [3.8, 4) is 10.6 Å². The molecule has 24 heavy (non-hydrogen) atoms. The summed E-state index contributed by atoms with van der Waals surface area (Å²) in [5.74, 6) is -1.66. The number of amides is 1. The third kappa shape index (κ3) is 3.44. The topological polar surface area (TPSA) is 68.3 Å². The molecule has 0 aliphatic rings. The molecule has 1 aromatic heterocycles. The third-order valence-corrected chi connectivity index (χ3v) is 4.46. The van der Waals surface area contributed by atoms with Crippen molar-refractivity contribution in [1.82, 2.24) is 4.98 Å². The molecule has 0 radical (unpaired) electrons. The Hall–Kier alpha value is -2.73. The molecule has 0 aliphatic carbocycles. The predicted molar refractivity (Wildman–Crippen MR) is 95.1 cm³/mol. The summed E-state index contributed by atoms with van der Waals surface area (Å²) in [7, 11) is 0. The number of carbonyl (C=O) groups excluding carboxylic acids is 2. The summed E-state index contributed by atoms with van der Waals surface area (Å²) >= 11 is 1.62. The number of aromatic nitrogens is 1. The van der Waals surface area contributed by atoms with Crippen LogP contribution in [0.25, 0.3) is 20.8 Å². The Morgan fingerprint density at radius 1 is 1.17 bits per heavy atom. The van der Waals surface area contributed by atoms with Crippen LogP contribution in [0.1, 0.15) is 12.5 Å². The Kier molecular flexibility index (Phi) is 4.57. The van der Waals surface area contributed by atoms with Gasteiger partial charge in [0.15, 0.2) is 0 Å². The second-order valence-corrected chi connectivity index (χ2v) is 6.27. The molecule has 0 atom stereocenters. The fraction of sp³-hybridized carbons (Fsp3) is 0.167. The van der Waals surface area contributed by atoms with Crippen LogP contribution in [0.2, 0.25) is 0 Å². The molecule has 1 amide bonds. The van der Waals surface area contributed by atoms with Gasteiger partial charge in [0.2, 0.25) is 0 Å². The molecule has 2 aromatic carbocycles. The molecule has 0 saturated heterocycles. The zero-order chi connectivity index (χ0) is 17.1. The first-order valence-electron chi connectivity index (χ1n) is 7.52. The molecule has 3 aromatic rings. The highest BCUT2D eigenvalue weighted by Gasteiger charge is 2.14. The zero-order valence-electron chi connectivity index (χ0n) is 13.3. The normalized spacial score (nSPS) is 10.6. The molecule has 0 bridgehead atoms. The number of fused-ring (bicyclic) bond motifs is 1. The first-order valence-corrected chi connectivity index (χ1v) is 8.34.